The van der Waals surface area contributed by atoms with Crippen molar-refractivity contribution in [3.05, 3.63) is 12.2 Å². The number of carbonyl (C=O) groups excluding carboxylic acids is 2. The van der Waals surface area contributed by atoms with E-state index in [-0.39, 0.29) is 57.3 Å². The molecule has 0 spiro atoms. The van der Waals surface area contributed by atoms with Gasteiger partial charge in [0.25, 0.3) is 0 Å². The van der Waals surface area contributed by atoms with Crippen LogP contribution < -0.4 is 10.6 Å². The van der Waals surface area contributed by atoms with E-state index >= 15 is 0 Å². The molecule has 1 unspecified atom stereocenters. The average molecular weight is 755 g/mol. The van der Waals surface area contributed by atoms with E-state index in [4.69, 9.17) is 5.11 Å². The number of hydrogen-bond donors (Lipinski definition) is 5. The van der Waals surface area contributed by atoms with E-state index in [2.05, 4.69) is 58.8 Å². The summed E-state index contributed by atoms with van der Waals surface area (Å²) in [6, 6.07) is -0.554. The summed E-state index contributed by atoms with van der Waals surface area (Å²) >= 11 is 0. The number of unbranched alkanes of at least 4 members (excludes halogenated alkanes) is 4. The number of nitrogens with one attached hydrogen (secondary N) is 2. The second-order valence-corrected chi connectivity index (χ2v) is 21.0. The highest BCUT2D eigenvalue weighted by molar-refractivity contribution is 5.84. The predicted octanol–water partition coefficient (Wildman–Crippen LogP) is 8.83. The molecule has 54 heavy (non-hydrogen) atoms. The van der Waals surface area contributed by atoms with Gasteiger partial charge in [-0.25, -0.2) is 0 Å². The summed E-state index contributed by atoms with van der Waals surface area (Å²) in [5, 5.41) is 36.8. The number of aliphatic hydroxyl groups excluding tert-OH is 2. The number of rotatable bonds is 16. The Morgan fingerprint density at radius 1 is 0.815 bits per heavy atom. The molecule has 8 heteroatoms. The van der Waals surface area contributed by atoms with E-state index in [1.54, 1.807) is 0 Å². The number of carbonyl (C=O) groups is 3. The molecule has 5 N–H and O–H groups in total. The number of amides is 2. The zero-order valence-corrected chi connectivity index (χ0v) is 35.4. The maximum atomic E-state index is 14.5. The third-order valence-corrected chi connectivity index (χ3v) is 17.3. The Morgan fingerprint density at radius 2 is 1.50 bits per heavy atom. The fourth-order valence-electron chi connectivity index (χ4n) is 14.3. The van der Waals surface area contributed by atoms with Crippen LogP contribution in [0, 0.1) is 62.6 Å². The highest BCUT2D eigenvalue weighted by Gasteiger charge is 2.71. The molecule has 12 atom stereocenters. The van der Waals surface area contributed by atoms with Crippen LogP contribution in [0.1, 0.15) is 171 Å². The van der Waals surface area contributed by atoms with Crippen LogP contribution in [0.4, 0.5) is 0 Å². The first kappa shape index (κ1) is 43.2. The summed E-state index contributed by atoms with van der Waals surface area (Å²) in [6.45, 7) is 23.9. The van der Waals surface area contributed by atoms with Crippen LogP contribution >= 0.6 is 0 Å². The van der Waals surface area contributed by atoms with Crippen LogP contribution in [0.25, 0.3) is 0 Å². The average Bonchev–Trinajstić information content (AvgIpc) is 3.49. The van der Waals surface area contributed by atoms with Crippen molar-refractivity contribution in [2.24, 2.45) is 62.6 Å². The van der Waals surface area contributed by atoms with E-state index in [1.165, 1.54) is 31.3 Å². The van der Waals surface area contributed by atoms with Gasteiger partial charge in [-0.3, -0.25) is 14.4 Å². The van der Waals surface area contributed by atoms with Gasteiger partial charge in [-0.2, -0.15) is 0 Å². The minimum atomic E-state index is -1.10. The summed E-state index contributed by atoms with van der Waals surface area (Å²) in [7, 11) is 0. The Balaban J connectivity index is 1.15. The SMILES string of the molecule is C=C(C)[C@@H]1CC[C@]2(C(=O)NCCCCCCCC(=O)N[C@H](CC(C)C)[C@H](O)CC(=O)O)CC[C@]3(C)[C@H](CCC4[C@@]5(C)CC[C@H](O)C(C)(C)[C@@H]5CC[C@]43C)[C@@H]12. The van der Waals surface area contributed by atoms with E-state index in [0.29, 0.717) is 49.0 Å². The Bertz CT molecular complexity index is 1380. The van der Waals surface area contributed by atoms with Crippen molar-refractivity contribution in [1.82, 2.24) is 10.6 Å². The van der Waals surface area contributed by atoms with Crippen LogP contribution in [0.15, 0.2) is 12.2 Å². The van der Waals surface area contributed by atoms with Crippen LogP contribution in [-0.2, 0) is 14.4 Å². The molecule has 5 aliphatic rings. The third kappa shape index (κ3) is 7.83. The van der Waals surface area contributed by atoms with Gasteiger partial charge in [0.05, 0.1) is 30.1 Å². The van der Waals surface area contributed by atoms with Gasteiger partial charge in [-0.15, -0.1) is 0 Å². The topological polar surface area (TPSA) is 136 Å². The molecule has 0 aromatic heterocycles. The van der Waals surface area contributed by atoms with Crippen molar-refractivity contribution in [3.8, 4) is 0 Å². The third-order valence-electron chi connectivity index (χ3n) is 17.3. The number of hydrogen-bond acceptors (Lipinski definition) is 5. The summed E-state index contributed by atoms with van der Waals surface area (Å²) < 4.78 is 0. The standard InChI is InChI=1S/C46H78N2O6/c1-29(2)27-33(34(49)28-39(52)53)48-38(51)15-13-11-10-12-14-26-47-41(54)46-23-18-31(30(3)4)40(46)32-16-17-36-43(7)21-20-37(50)42(5,6)35(43)19-22-45(36,9)44(32,8)24-25-46/h29,31-37,40,49-50H,3,10-28H2,1-2,4-9H3,(H,47,54)(H,48,51)(H,52,53)/t31-,32+,33+,34+,35-,36?,37-,40+,43-,44+,45+,46-/m0/s1. The first-order valence-electron chi connectivity index (χ1n) is 22.1. The minimum absolute atomic E-state index is 0.0488. The molecule has 0 aromatic rings. The first-order valence-corrected chi connectivity index (χ1v) is 22.1. The van der Waals surface area contributed by atoms with Gasteiger partial charge >= 0.3 is 5.97 Å². The fourth-order valence-corrected chi connectivity index (χ4v) is 14.3. The van der Waals surface area contributed by atoms with E-state index in [1.807, 2.05) is 13.8 Å². The van der Waals surface area contributed by atoms with Crippen LogP contribution in [-0.4, -0.2) is 57.9 Å². The van der Waals surface area contributed by atoms with Crippen molar-refractivity contribution in [1.29, 1.82) is 0 Å². The van der Waals surface area contributed by atoms with Crippen LogP contribution in [0.3, 0.4) is 0 Å². The molecule has 2 amide bonds. The van der Waals surface area contributed by atoms with Crippen molar-refractivity contribution in [2.75, 3.05) is 6.54 Å². The minimum Gasteiger partial charge on any atom is -0.481 e. The Labute approximate surface area is 327 Å². The lowest BCUT2D eigenvalue weighted by Gasteiger charge is -2.72. The first-order chi connectivity index (χ1) is 25.2. The summed E-state index contributed by atoms with van der Waals surface area (Å²) in [5.74, 6) is 1.75. The Morgan fingerprint density at radius 3 is 2.17 bits per heavy atom. The van der Waals surface area contributed by atoms with Gasteiger partial charge in [-0.1, -0.05) is 79.9 Å². The number of allylic oxidation sites excluding steroid dienone is 1. The Kier molecular flexibility index (Phi) is 13.2. The highest BCUT2D eigenvalue weighted by atomic mass is 16.4. The van der Waals surface area contributed by atoms with Gasteiger partial charge in [0, 0.05) is 13.0 Å². The molecule has 0 aromatic carbocycles. The molecule has 0 saturated heterocycles. The van der Waals surface area contributed by atoms with Crippen molar-refractivity contribution in [3.63, 3.8) is 0 Å². The van der Waals surface area contributed by atoms with E-state index in [9.17, 15) is 24.6 Å². The summed E-state index contributed by atoms with van der Waals surface area (Å²) in [5.41, 5.74) is 1.55. The zero-order valence-electron chi connectivity index (χ0n) is 35.4. The molecule has 0 aliphatic heterocycles. The van der Waals surface area contributed by atoms with Gasteiger partial charge in [0.1, 0.15) is 0 Å². The number of aliphatic carboxylic acids is 1. The quantitative estimate of drug-likeness (QED) is 0.0790. The summed E-state index contributed by atoms with van der Waals surface area (Å²) in [6.07, 6.45) is 14.8. The normalized spacial score (nSPS) is 39.3. The lowest BCUT2D eigenvalue weighted by atomic mass is 9.32. The van der Waals surface area contributed by atoms with E-state index < -0.39 is 18.1 Å². The molecular formula is C46H78N2O6. The molecular weight excluding hydrogens is 677 g/mol. The highest BCUT2D eigenvalue weighted by Crippen LogP contribution is 2.77. The molecule has 0 heterocycles. The molecule has 0 radical (unpaired) electrons. The van der Waals surface area contributed by atoms with Crippen LogP contribution in [0.2, 0.25) is 0 Å². The molecule has 5 fully saturated rings. The second kappa shape index (κ2) is 16.5. The molecule has 308 valence electrons. The summed E-state index contributed by atoms with van der Waals surface area (Å²) in [4.78, 5) is 38.2. The number of carboxylic acid groups (broad SMARTS) is 1. The molecule has 5 rings (SSSR count). The van der Waals surface area contributed by atoms with Gasteiger partial charge in [0.2, 0.25) is 11.8 Å². The number of carboxylic acids is 1. The Hall–Kier alpha value is -1.93. The number of aliphatic hydroxyl groups is 2. The maximum absolute atomic E-state index is 14.5. The number of fused-ring (bicyclic) bond motifs is 7. The van der Waals surface area contributed by atoms with Crippen molar-refractivity contribution >= 4 is 17.8 Å². The lowest BCUT2D eigenvalue weighted by molar-refractivity contribution is -0.246. The van der Waals surface area contributed by atoms with Gasteiger partial charge in [0.15, 0.2) is 0 Å². The van der Waals surface area contributed by atoms with E-state index in [0.717, 1.165) is 70.6 Å². The molecule has 8 nitrogen and oxygen atoms in total. The smallest absolute Gasteiger partial charge is 0.306 e. The predicted molar refractivity (Wildman–Crippen MR) is 215 cm³/mol. The van der Waals surface area contributed by atoms with Crippen LogP contribution in [0.5, 0.6) is 0 Å². The maximum Gasteiger partial charge on any atom is 0.306 e. The van der Waals surface area contributed by atoms with Gasteiger partial charge < -0.3 is 26.0 Å². The van der Waals surface area contributed by atoms with Crippen molar-refractivity contribution in [2.45, 2.75) is 189 Å². The largest absolute Gasteiger partial charge is 0.481 e. The molecule has 5 saturated carbocycles. The lowest BCUT2D eigenvalue weighted by Crippen LogP contribution is -2.67. The molecule has 0 bridgehead atoms. The van der Waals surface area contributed by atoms with Crippen molar-refractivity contribution < 1.29 is 29.7 Å². The fraction of sp³-hybridized carbons (Fsp3) is 0.891. The van der Waals surface area contributed by atoms with Gasteiger partial charge in [-0.05, 0) is 148 Å². The second-order valence-electron chi connectivity index (χ2n) is 21.0. The monoisotopic (exact) mass is 755 g/mol. The zero-order chi connectivity index (χ0) is 39.9. The molecule has 5 aliphatic carbocycles.